The van der Waals surface area contributed by atoms with Gasteiger partial charge in [-0.1, -0.05) is 133 Å². The van der Waals surface area contributed by atoms with E-state index in [1.165, 1.54) is 122 Å². The largest absolute Gasteiger partial charge is 0.477 e. The lowest BCUT2D eigenvalue weighted by Crippen LogP contribution is -2.27. The molecule has 2 heterocycles. The van der Waals surface area contributed by atoms with Crippen LogP contribution in [-0.4, -0.2) is 11.1 Å². The number of anilines is 2. The summed E-state index contributed by atoms with van der Waals surface area (Å²) in [4.78, 5) is 18.1. The lowest BCUT2D eigenvalue weighted by atomic mass is 9.71. The molecule has 318 valence electrons. The fraction of sp³-hybridized carbons (Fsp3) is 0.298. The molecule has 0 amide bonds. The van der Waals surface area contributed by atoms with E-state index in [9.17, 15) is 15.2 Å². The Morgan fingerprint density at radius 1 is 0.698 bits per heavy atom. The molecule has 0 saturated heterocycles. The van der Waals surface area contributed by atoms with Crippen molar-refractivity contribution >= 4 is 51.7 Å². The second kappa shape index (κ2) is 17.8. The zero-order valence-corrected chi connectivity index (χ0v) is 38.6. The van der Waals surface area contributed by atoms with Gasteiger partial charge in [0.2, 0.25) is 0 Å². The molecule has 6 heteroatoms. The standard InChI is InChI=1S/C57H56N2O2S2/c1-5-8-31-56(4)48-17-13-11-15-44(48)46-26-23-41(35-50(46)56)59(42-24-27-47-45-16-12-14-18-49(45)57(32-9-6-2,33-10-7-3)51(47)36-42)40-21-19-38(20-22-40)52-29-30-54(63-52)53-28-25-43(62-53)34-39(37-58)55(60)61/h11-22,24-25,27-30,34-36H,5-10,23,26,31-33H2,1-4H3,(H,60,61)/b39-34-. The van der Waals surface area contributed by atoms with Gasteiger partial charge in [0.05, 0.1) is 0 Å². The van der Waals surface area contributed by atoms with Gasteiger partial charge in [-0.3, -0.25) is 0 Å². The first-order valence-corrected chi connectivity index (χ1v) is 24.6. The van der Waals surface area contributed by atoms with E-state index in [1.807, 2.05) is 12.1 Å². The van der Waals surface area contributed by atoms with Crippen LogP contribution in [0, 0.1) is 11.3 Å². The van der Waals surface area contributed by atoms with Gasteiger partial charge in [0.25, 0.3) is 0 Å². The fourth-order valence-corrected chi connectivity index (χ4v) is 12.8. The number of unbranched alkanes of at least 4 members (excludes halogenated alkanes) is 3. The molecule has 0 radical (unpaired) electrons. The number of nitrogens with zero attached hydrogens (tertiary/aromatic N) is 2. The number of aliphatic carboxylic acids is 1. The van der Waals surface area contributed by atoms with E-state index >= 15 is 0 Å². The van der Waals surface area contributed by atoms with Crippen LogP contribution in [-0.2, 0) is 15.6 Å². The normalized spacial score (nSPS) is 17.1. The summed E-state index contributed by atoms with van der Waals surface area (Å²) in [5, 5.41) is 18.6. The number of benzene rings is 4. The van der Waals surface area contributed by atoms with Gasteiger partial charge in [-0.2, -0.15) is 5.26 Å². The molecular weight excluding hydrogens is 809 g/mol. The van der Waals surface area contributed by atoms with Crippen LogP contribution < -0.4 is 4.90 Å². The maximum absolute atomic E-state index is 11.4. The summed E-state index contributed by atoms with van der Waals surface area (Å²) in [7, 11) is 0. The number of carbonyl (C=O) groups is 1. The molecule has 4 aromatic carbocycles. The number of fused-ring (bicyclic) bond motifs is 5. The van der Waals surface area contributed by atoms with Crippen LogP contribution in [0.4, 0.5) is 11.4 Å². The molecule has 63 heavy (non-hydrogen) atoms. The molecular formula is C57H56N2O2S2. The zero-order valence-electron chi connectivity index (χ0n) is 37.0. The number of allylic oxidation sites excluding steroid dienone is 4. The van der Waals surface area contributed by atoms with E-state index in [-0.39, 0.29) is 16.4 Å². The summed E-state index contributed by atoms with van der Waals surface area (Å²) in [6, 6.07) is 45.0. The quantitative estimate of drug-likeness (QED) is 0.0777. The van der Waals surface area contributed by atoms with Crippen molar-refractivity contribution in [3.05, 3.63) is 165 Å². The van der Waals surface area contributed by atoms with Crippen LogP contribution in [0.3, 0.4) is 0 Å². The third-order valence-electron chi connectivity index (χ3n) is 14.0. The summed E-state index contributed by atoms with van der Waals surface area (Å²) in [5.74, 6) is -1.21. The van der Waals surface area contributed by atoms with E-state index in [0.29, 0.717) is 0 Å². The Balaban J connectivity index is 1.14. The molecule has 3 aliphatic rings. The number of carboxylic acids is 1. The van der Waals surface area contributed by atoms with Crippen LogP contribution >= 0.6 is 22.7 Å². The Morgan fingerprint density at radius 2 is 1.32 bits per heavy atom. The number of thiophene rings is 2. The summed E-state index contributed by atoms with van der Waals surface area (Å²) >= 11 is 3.23. The molecule has 0 aliphatic heterocycles. The monoisotopic (exact) mass is 864 g/mol. The van der Waals surface area contributed by atoms with E-state index in [4.69, 9.17) is 0 Å². The highest BCUT2D eigenvalue weighted by atomic mass is 32.1. The lowest BCUT2D eigenvalue weighted by Gasteiger charge is -2.36. The topological polar surface area (TPSA) is 64.3 Å². The molecule has 0 spiro atoms. The minimum atomic E-state index is -1.21. The van der Waals surface area contributed by atoms with Crippen molar-refractivity contribution in [1.82, 2.24) is 0 Å². The minimum Gasteiger partial charge on any atom is -0.477 e. The first-order valence-electron chi connectivity index (χ1n) is 23.0. The molecule has 0 saturated carbocycles. The highest BCUT2D eigenvalue weighted by molar-refractivity contribution is 7.24. The third kappa shape index (κ3) is 7.64. The predicted octanol–water partition coefficient (Wildman–Crippen LogP) is 16.5. The van der Waals surface area contributed by atoms with Gasteiger partial charge in [0, 0.05) is 47.4 Å². The maximum atomic E-state index is 11.4. The fourth-order valence-electron chi connectivity index (χ4n) is 10.8. The Labute approximate surface area is 381 Å². The Hall–Kier alpha value is -5.74. The van der Waals surface area contributed by atoms with Gasteiger partial charge in [-0.05, 0) is 143 Å². The number of hydrogen-bond acceptors (Lipinski definition) is 5. The van der Waals surface area contributed by atoms with Crippen molar-refractivity contribution in [1.29, 1.82) is 5.26 Å². The second-order valence-electron chi connectivity index (χ2n) is 17.8. The molecule has 6 aromatic rings. The highest BCUT2D eigenvalue weighted by Gasteiger charge is 2.44. The van der Waals surface area contributed by atoms with E-state index in [0.717, 1.165) is 52.3 Å². The number of hydrogen-bond donors (Lipinski definition) is 1. The van der Waals surface area contributed by atoms with E-state index in [2.05, 4.69) is 142 Å². The second-order valence-corrected chi connectivity index (χ2v) is 20.0. The number of nitriles is 1. The summed E-state index contributed by atoms with van der Waals surface area (Å²) < 4.78 is 0. The number of carboxylic acid groups (broad SMARTS) is 1. The van der Waals surface area contributed by atoms with Crippen molar-refractivity contribution < 1.29 is 9.90 Å². The van der Waals surface area contributed by atoms with Gasteiger partial charge in [0.1, 0.15) is 11.6 Å². The van der Waals surface area contributed by atoms with Crippen molar-refractivity contribution in [2.24, 2.45) is 0 Å². The highest BCUT2D eigenvalue weighted by Crippen LogP contribution is 2.57. The van der Waals surface area contributed by atoms with Crippen LogP contribution in [0.5, 0.6) is 0 Å². The van der Waals surface area contributed by atoms with Crippen LogP contribution in [0.1, 0.15) is 125 Å². The minimum absolute atomic E-state index is 0.00326. The molecule has 0 bridgehead atoms. The predicted molar refractivity (Wildman–Crippen MR) is 266 cm³/mol. The van der Waals surface area contributed by atoms with Crippen LogP contribution in [0.2, 0.25) is 0 Å². The van der Waals surface area contributed by atoms with Crippen molar-refractivity contribution in [3.8, 4) is 37.4 Å². The Bertz CT molecular complexity index is 2820. The Morgan fingerprint density at radius 3 is 2.03 bits per heavy atom. The van der Waals surface area contributed by atoms with E-state index < -0.39 is 5.97 Å². The average Bonchev–Trinajstić information content (AvgIpc) is 4.10. The van der Waals surface area contributed by atoms with Gasteiger partial charge in [0.15, 0.2) is 0 Å². The number of rotatable bonds is 16. The van der Waals surface area contributed by atoms with Gasteiger partial charge in [-0.15, -0.1) is 22.7 Å². The van der Waals surface area contributed by atoms with Crippen molar-refractivity contribution in [2.75, 3.05) is 4.90 Å². The zero-order chi connectivity index (χ0) is 43.7. The molecule has 0 fully saturated rings. The van der Waals surface area contributed by atoms with Crippen molar-refractivity contribution in [2.45, 2.75) is 109 Å². The summed E-state index contributed by atoms with van der Waals surface area (Å²) in [6.45, 7) is 9.46. The van der Waals surface area contributed by atoms with E-state index in [1.54, 1.807) is 17.4 Å². The first-order chi connectivity index (χ1) is 30.7. The van der Waals surface area contributed by atoms with Gasteiger partial charge >= 0.3 is 5.97 Å². The first kappa shape index (κ1) is 42.6. The lowest BCUT2D eigenvalue weighted by molar-refractivity contribution is -0.132. The van der Waals surface area contributed by atoms with Gasteiger partial charge in [-0.25, -0.2) is 4.79 Å². The van der Waals surface area contributed by atoms with Gasteiger partial charge < -0.3 is 10.0 Å². The molecule has 4 nitrogen and oxygen atoms in total. The smallest absolute Gasteiger partial charge is 0.346 e. The molecule has 9 rings (SSSR count). The summed E-state index contributed by atoms with van der Waals surface area (Å²) in [5.41, 5.74) is 16.4. The molecule has 3 aliphatic carbocycles. The SMILES string of the molecule is CCCCC1(C)C2=C(CCC(N(c3ccc(-c4ccc(-c5ccc(/C=C(/C#N)C(=O)O)s5)s4)cc3)c3ccc4c(c3)C(CCCC)(CCCC)c3ccccc3-4)=C2)c2ccccc21. The molecule has 1 N–H and O–H groups in total. The van der Waals surface area contributed by atoms with Crippen molar-refractivity contribution in [3.63, 3.8) is 0 Å². The third-order valence-corrected chi connectivity index (χ3v) is 16.3. The molecule has 1 unspecified atom stereocenters. The molecule has 2 aromatic heterocycles. The Kier molecular flexibility index (Phi) is 12.0. The van der Waals surface area contributed by atoms with Crippen LogP contribution in [0.15, 0.2) is 138 Å². The average molecular weight is 865 g/mol. The molecule has 1 atom stereocenters. The van der Waals surface area contributed by atoms with Crippen LogP contribution in [0.25, 0.3) is 43.0 Å². The maximum Gasteiger partial charge on any atom is 0.346 e. The summed E-state index contributed by atoms with van der Waals surface area (Å²) in [6.07, 6.45) is 16.6.